The quantitative estimate of drug-likeness (QED) is 0.740. The highest BCUT2D eigenvalue weighted by molar-refractivity contribution is 9.10. The van der Waals surface area contributed by atoms with Crippen LogP contribution in [0.15, 0.2) is 46.9 Å². The molecule has 120 valence electrons. The Morgan fingerprint density at radius 2 is 1.64 bits per heavy atom. The Bertz CT molecular complexity index is 634. The van der Waals surface area contributed by atoms with Gasteiger partial charge in [0, 0.05) is 0 Å². The second-order valence-electron chi connectivity index (χ2n) is 4.24. The van der Waals surface area contributed by atoms with Gasteiger partial charge in [-0.15, -0.1) is 25.6 Å². The standard InChI is InChI=1S/C14H10BrF4NO.ClH/c15-12-10(2-1-3-11(12)16)13(20)8-4-6-9(7-5-8)21-14(17,18)19;/h1-7,13H,20H2;1H/t13-;/m1./s1. The summed E-state index contributed by atoms with van der Waals surface area (Å²) in [5, 5.41) is 0. The number of ether oxygens (including phenoxy) is 1. The van der Waals surface area contributed by atoms with Crippen molar-refractivity contribution in [3.63, 3.8) is 0 Å². The van der Waals surface area contributed by atoms with Crippen molar-refractivity contribution < 1.29 is 22.3 Å². The zero-order valence-electron chi connectivity index (χ0n) is 10.9. The summed E-state index contributed by atoms with van der Waals surface area (Å²) in [5.41, 5.74) is 7.04. The number of halogens is 6. The van der Waals surface area contributed by atoms with E-state index in [4.69, 9.17) is 5.73 Å². The molecule has 0 saturated carbocycles. The third-order valence-electron chi connectivity index (χ3n) is 2.79. The summed E-state index contributed by atoms with van der Waals surface area (Å²) >= 11 is 3.10. The first-order valence-corrected chi connectivity index (χ1v) is 6.62. The fraction of sp³-hybridized carbons (Fsp3) is 0.143. The van der Waals surface area contributed by atoms with Crippen molar-refractivity contribution in [1.29, 1.82) is 0 Å². The number of hydrogen-bond acceptors (Lipinski definition) is 2. The van der Waals surface area contributed by atoms with Gasteiger partial charge in [-0.05, 0) is 45.3 Å². The van der Waals surface area contributed by atoms with Crippen molar-refractivity contribution >= 4 is 28.3 Å². The molecule has 2 aromatic carbocycles. The molecule has 0 saturated heterocycles. The van der Waals surface area contributed by atoms with Crippen LogP contribution >= 0.6 is 28.3 Å². The third-order valence-corrected chi connectivity index (χ3v) is 3.63. The Kier molecular flexibility index (Phi) is 6.22. The molecule has 0 fully saturated rings. The summed E-state index contributed by atoms with van der Waals surface area (Å²) in [6.45, 7) is 0. The van der Waals surface area contributed by atoms with E-state index >= 15 is 0 Å². The summed E-state index contributed by atoms with van der Waals surface area (Å²) in [6, 6.07) is 8.89. The Balaban J connectivity index is 0.00000242. The largest absolute Gasteiger partial charge is 0.573 e. The van der Waals surface area contributed by atoms with Crippen molar-refractivity contribution in [2.45, 2.75) is 12.4 Å². The molecule has 0 radical (unpaired) electrons. The second-order valence-corrected chi connectivity index (χ2v) is 5.03. The number of alkyl halides is 3. The average Bonchev–Trinajstić information content (AvgIpc) is 2.40. The first-order chi connectivity index (χ1) is 9.78. The van der Waals surface area contributed by atoms with Crippen LogP contribution in [0.4, 0.5) is 17.6 Å². The van der Waals surface area contributed by atoms with Gasteiger partial charge in [0.25, 0.3) is 0 Å². The normalized spacial score (nSPS) is 12.5. The Morgan fingerprint density at radius 1 is 1.05 bits per heavy atom. The van der Waals surface area contributed by atoms with Gasteiger partial charge in [0.2, 0.25) is 0 Å². The van der Waals surface area contributed by atoms with Gasteiger partial charge in [0.05, 0.1) is 10.5 Å². The van der Waals surface area contributed by atoms with E-state index < -0.39 is 18.2 Å². The maximum atomic E-state index is 13.5. The van der Waals surface area contributed by atoms with Crippen molar-refractivity contribution in [3.8, 4) is 5.75 Å². The Morgan fingerprint density at radius 3 is 2.18 bits per heavy atom. The molecule has 0 aliphatic carbocycles. The van der Waals surface area contributed by atoms with Crippen molar-refractivity contribution in [2.24, 2.45) is 5.73 Å². The van der Waals surface area contributed by atoms with Crippen LogP contribution in [0.2, 0.25) is 0 Å². The predicted octanol–water partition coefficient (Wildman–Crippen LogP) is 4.96. The zero-order valence-corrected chi connectivity index (χ0v) is 13.3. The molecule has 2 aromatic rings. The molecule has 2 N–H and O–H groups in total. The third kappa shape index (κ3) is 4.59. The minimum absolute atomic E-state index is 0. The minimum Gasteiger partial charge on any atom is -0.406 e. The van der Waals surface area contributed by atoms with Crippen molar-refractivity contribution in [1.82, 2.24) is 0 Å². The summed E-state index contributed by atoms with van der Waals surface area (Å²) in [4.78, 5) is 0. The van der Waals surface area contributed by atoms with E-state index in [1.54, 1.807) is 6.07 Å². The first-order valence-electron chi connectivity index (χ1n) is 5.83. The summed E-state index contributed by atoms with van der Waals surface area (Å²) in [6.07, 6.45) is -4.74. The monoisotopic (exact) mass is 399 g/mol. The Labute approximate surface area is 138 Å². The SMILES string of the molecule is Cl.N[C@H](c1ccc(OC(F)(F)F)cc1)c1cccc(F)c1Br. The van der Waals surface area contributed by atoms with Gasteiger partial charge in [0.15, 0.2) is 0 Å². The molecule has 0 aliphatic rings. The van der Waals surface area contributed by atoms with E-state index in [-0.39, 0.29) is 22.6 Å². The molecule has 2 nitrogen and oxygen atoms in total. The minimum atomic E-state index is -4.74. The van der Waals surface area contributed by atoms with Crippen LogP contribution in [-0.4, -0.2) is 6.36 Å². The topological polar surface area (TPSA) is 35.2 Å². The Hall–Kier alpha value is -1.31. The van der Waals surface area contributed by atoms with E-state index in [1.807, 2.05) is 0 Å². The molecular formula is C14H11BrClF4NO. The van der Waals surface area contributed by atoms with E-state index in [9.17, 15) is 17.6 Å². The van der Waals surface area contributed by atoms with Gasteiger partial charge in [-0.3, -0.25) is 0 Å². The highest BCUT2D eigenvalue weighted by Gasteiger charge is 2.31. The lowest BCUT2D eigenvalue weighted by Gasteiger charge is -2.15. The maximum Gasteiger partial charge on any atom is 0.573 e. The number of nitrogens with two attached hydrogens (primary N) is 1. The lowest BCUT2D eigenvalue weighted by Crippen LogP contribution is -2.17. The van der Waals surface area contributed by atoms with Crippen LogP contribution in [0.25, 0.3) is 0 Å². The highest BCUT2D eigenvalue weighted by atomic mass is 79.9. The van der Waals surface area contributed by atoms with E-state index in [0.717, 1.165) is 12.1 Å². The predicted molar refractivity (Wildman–Crippen MR) is 80.5 cm³/mol. The smallest absolute Gasteiger partial charge is 0.406 e. The van der Waals surface area contributed by atoms with Crippen LogP contribution in [0.5, 0.6) is 5.75 Å². The molecule has 0 aromatic heterocycles. The lowest BCUT2D eigenvalue weighted by atomic mass is 9.99. The molecule has 1 atom stereocenters. The van der Waals surface area contributed by atoms with Gasteiger partial charge >= 0.3 is 6.36 Å². The van der Waals surface area contributed by atoms with Crippen molar-refractivity contribution in [3.05, 3.63) is 63.9 Å². The van der Waals surface area contributed by atoms with E-state index in [2.05, 4.69) is 20.7 Å². The number of rotatable bonds is 3. The first kappa shape index (κ1) is 18.7. The zero-order chi connectivity index (χ0) is 15.6. The molecular weight excluding hydrogens is 390 g/mol. The van der Waals surface area contributed by atoms with Gasteiger partial charge in [0.1, 0.15) is 11.6 Å². The molecule has 2 rings (SSSR count). The molecule has 0 aliphatic heterocycles. The molecule has 8 heteroatoms. The molecule has 0 heterocycles. The van der Waals surface area contributed by atoms with Crippen LogP contribution in [-0.2, 0) is 0 Å². The lowest BCUT2D eigenvalue weighted by molar-refractivity contribution is -0.274. The van der Waals surface area contributed by atoms with Gasteiger partial charge in [-0.2, -0.15) is 0 Å². The fourth-order valence-corrected chi connectivity index (χ4v) is 2.33. The number of benzene rings is 2. The summed E-state index contributed by atoms with van der Waals surface area (Å²) in [7, 11) is 0. The van der Waals surface area contributed by atoms with Crippen LogP contribution in [0.1, 0.15) is 17.2 Å². The van der Waals surface area contributed by atoms with Gasteiger partial charge < -0.3 is 10.5 Å². The van der Waals surface area contributed by atoms with Crippen LogP contribution < -0.4 is 10.5 Å². The highest BCUT2D eigenvalue weighted by Crippen LogP contribution is 2.30. The second kappa shape index (κ2) is 7.30. The molecule has 0 spiro atoms. The summed E-state index contributed by atoms with van der Waals surface area (Å²) in [5.74, 6) is -0.795. The molecule has 0 unspecified atom stereocenters. The van der Waals surface area contributed by atoms with Gasteiger partial charge in [-0.1, -0.05) is 24.3 Å². The van der Waals surface area contributed by atoms with Gasteiger partial charge in [-0.25, -0.2) is 4.39 Å². The fourth-order valence-electron chi connectivity index (χ4n) is 1.82. The van der Waals surface area contributed by atoms with E-state index in [1.165, 1.54) is 24.3 Å². The maximum absolute atomic E-state index is 13.5. The van der Waals surface area contributed by atoms with Crippen molar-refractivity contribution in [2.75, 3.05) is 0 Å². The average molecular weight is 401 g/mol. The molecule has 0 amide bonds. The summed E-state index contributed by atoms with van der Waals surface area (Å²) < 4.78 is 53.7. The number of hydrogen-bond donors (Lipinski definition) is 1. The van der Waals surface area contributed by atoms with Crippen LogP contribution in [0.3, 0.4) is 0 Å². The molecule has 22 heavy (non-hydrogen) atoms. The molecule has 0 bridgehead atoms. The van der Waals surface area contributed by atoms with E-state index in [0.29, 0.717) is 11.1 Å². The van der Waals surface area contributed by atoms with Crippen LogP contribution in [0, 0.1) is 5.82 Å².